The summed E-state index contributed by atoms with van der Waals surface area (Å²) in [5, 5.41) is 31.0. The van der Waals surface area contributed by atoms with Crippen LogP contribution in [-0.4, -0.2) is 47.9 Å². The summed E-state index contributed by atoms with van der Waals surface area (Å²) in [5.74, 6) is -1.96. The van der Waals surface area contributed by atoms with Crippen molar-refractivity contribution >= 4 is 5.97 Å². The zero-order valence-corrected chi connectivity index (χ0v) is 18.9. The molecule has 186 valence electrons. The minimum Gasteiger partial charge on any atom is -0.494 e. The summed E-state index contributed by atoms with van der Waals surface area (Å²) in [4.78, 5) is 12.7. The molecule has 3 heterocycles. The second-order valence-electron chi connectivity index (χ2n) is 8.32. The number of carbonyl (C=O) groups excluding carboxylic acids is 1. The number of hydrogen-bond donors (Lipinski definition) is 2. The molecule has 0 fully saturated rings. The van der Waals surface area contributed by atoms with Gasteiger partial charge in [-0.05, 0) is 38.1 Å². The van der Waals surface area contributed by atoms with Gasteiger partial charge in [0.05, 0.1) is 52.8 Å². The average Bonchev–Trinajstić information content (AvgIpc) is 3.33. The molecule has 0 saturated heterocycles. The van der Waals surface area contributed by atoms with Crippen molar-refractivity contribution in [3.8, 4) is 23.5 Å². The Kier molecular flexibility index (Phi) is 5.83. The van der Waals surface area contributed by atoms with Crippen molar-refractivity contribution in [1.82, 2.24) is 4.57 Å². The topological polar surface area (TPSA) is 123 Å². The summed E-state index contributed by atoms with van der Waals surface area (Å²) < 4.78 is 62.3. The number of benzene rings is 1. The summed E-state index contributed by atoms with van der Waals surface area (Å²) in [6.45, 7) is 3.15. The lowest BCUT2D eigenvalue weighted by Crippen LogP contribution is -2.28. The van der Waals surface area contributed by atoms with Crippen LogP contribution in [0.1, 0.15) is 36.1 Å². The van der Waals surface area contributed by atoms with E-state index in [2.05, 4.69) is 0 Å². The number of nitrogens with zero attached hydrogens (tertiary/aromatic N) is 2. The number of carbonyl (C=O) groups is 1. The molecule has 2 aliphatic heterocycles. The number of aromatic nitrogens is 1. The highest BCUT2D eigenvalue weighted by molar-refractivity contribution is 5.94. The number of methoxy groups -OCH3 is 1. The van der Waals surface area contributed by atoms with Crippen LogP contribution in [0.25, 0.3) is 5.69 Å². The Morgan fingerprint density at radius 3 is 2.51 bits per heavy atom. The Morgan fingerprint density at radius 2 is 1.89 bits per heavy atom. The molecule has 2 aromatic rings. The van der Waals surface area contributed by atoms with E-state index in [0.717, 1.165) is 16.7 Å². The fraction of sp³-hybridized carbons (Fsp3) is 0.391. The van der Waals surface area contributed by atoms with Gasteiger partial charge >= 0.3 is 12.1 Å². The predicted octanol–water partition coefficient (Wildman–Crippen LogP) is 3.34. The number of hydrogen-bond acceptors (Lipinski definition) is 8. The van der Waals surface area contributed by atoms with Gasteiger partial charge in [-0.1, -0.05) is 0 Å². The number of alkyl halides is 3. The van der Waals surface area contributed by atoms with Crippen molar-refractivity contribution < 1.29 is 47.1 Å². The number of rotatable bonds is 7. The van der Waals surface area contributed by atoms with Crippen LogP contribution < -0.4 is 0 Å². The summed E-state index contributed by atoms with van der Waals surface area (Å²) in [7, 11) is 1.49. The van der Waals surface area contributed by atoms with Gasteiger partial charge in [-0.2, -0.15) is 18.4 Å². The number of esters is 1. The second kappa shape index (κ2) is 8.30. The van der Waals surface area contributed by atoms with E-state index >= 15 is 0 Å². The maximum Gasteiger partial charge on any atom is 0.417 e. The highest BCUT2D eigenvalue weighted by Crippen LogP contribution is 2.63. The Hall–Kier alpha value is -3.53. The van der Waals surface area contributed by atoms with Crippen LogP contribution in [0.4, 0.5) is 13.2 Å². The molecule has 0 amide bonds. The minimum atomic E-state index is -4.84. The molecule has 9 nitrogen and oxygen atoms in total. The highest BCUT2D eigenvalue weighted by atomic mass is 19.4. The quantitative estimate of drug-likeness (QED) is 0.341. The Balaban J connectivity index is 1.74. The van der Waals surface area contributed by atoms with E-state index in [4.69, 9.17) is 24.2 Å². The number of ether oxygens (including phenoxy) is 4. The summed E-state index contributed by atoms with van der Waals surface area (Å²) in [6.07, 6.45) is -3.41. The highest BCUT2D eigenvalue weighted by Gasteiger charge is 2.62. The Labute approximate surface area is 197 Å². The van der Waals surface area contributed by atoms with E-state index in [1.807, 2.05) is 0 Å². The molecule has 1 aromatic carbocycles. The number of fused-ring (bicyclic) bond motifs is 5. The summed E-state index contributed by atoms with van der Waals surface area (Å²) in [5.41, 5.74) is -4.84. The molecule has 2 aliphatic rings. The van der Waals surface area contributed by atoms with Gasteiger partial charge in [0.1, 0.15) is 11.2 Å². The first-order valence-electron chi connectivity index (χ1n) is 10.4. The Morgan fingerprint density at radius 1 is 1.20 bits per heavy atom. The van der Waals surface area contributed by atoms with Crippen molar-refractivity contribution in [3.63, 3.8) is 0 Å². The summed E-state index contributed by atoms with van der Waals surface area (Å²) >= 11 is 0. The van der Waals surface area contributed by atoms with Crippen LogP contribution in [0.15, 0.2) is 29.8 Å². The van der Waals surface area contributed by atoms with Crippen molar-refractivity contribution in [2.75, 3.05) is 27.1 Å². The van der Waals surface area contributed by atoms with E-state index in [-0.39, 0.29) is 35.8 Å². The van der Waals surface area contributed by atoms with Crippen LogP contribution in [0, 0.1) is 11.3 Å². The van der Waals surface area contributed by atoms with E-state index in [1.54, 1.807) is 0 Å². The standard InChI is InChI=1S/C23H21F3N2O7/c1-21-9-15(20(31)34-11-33-7-6-32-3)22(2,35-21)17-16(21)18(29)28(19(17)30)13-5-4-12(10-27)14(8-13)23(24,25)26/h4-5,8-9,29-30H,6-7,11H2,1-3H3. The van der Waals surface area contributed by atoms with Crippen LogP contribution in [0.2, 0.25) is 0 Å². The van der Waals surface area contributed by atoms with Crippen LogP contribution >= 0.6 is 0 Å². The fourth-order valence-electron chi connectivity index (χ4n) is 4.58. The van der Waals surface area contributed by atoms with Crippen molar-refractivity contribution in [2.45, 2.75) is 31.2 Å². The van der Waals surface area contributed by atoms with Gasteiger partial charge in [0, 0.05) is 7.11 Å². The molecular weight excluding hydrogens is 473 g/mol. The lowest BCUT2D eigenvalue weighted by Gasteiger charge is -2.24. The molecule has 2 atom stereocenters. The normalized spacial score (nSPS) is 22.6. The lowest BCUT2D eigenvalue weighted by atomic mass is 9.80. The largest absolute Gasteiger partial charge is 0.494 e. The van der Waals surface area contributed by atoms with E-state index in [1.165, 1.54) is 33.1 Å². The van der Waals surface area contributed by atoms with Gasteiger partial charge in [0.2, 0.25) is 11.8 Å². The number of aromatic hydroxyl groups is 2. The average molecular weight is 494 g/mol. The van der Waals surface area contributed by atoms with Gasteiger partial charge in [0.25, 0.3) is 0 Å². The third-order valence-electron chi connectivity index (χ3n) is 6.06. The van der Waals surface area contributed by atoms with Crippen LogP contribution in [0.5, 0.6) is 11.8 Å². The lowest BCUT2D eigenvalue weighted by molar-refractivity contribution is -0.155. The predicted molar refractivity (Wildman–Crippen MR) is 111 cm³/mol. The van der Waals surface area contributed by atoms with E-state index < -0.39 is 46.2 Å². The molecule has 1 aromatic heterocycles. The van der Waals surface area contributed by atoms with Gasteiger partial charge in [0.15, 0.2) is 6.79 Å². The Bertz CT molecular complexity index is 1280. The van der Waals surface area contributed by atoms with Crippen LogP contribution in [0.3, 0.4) is 0 Å². The minimum absolute atomic E-state index is 0.0187. The van der Waals surface area contributed by atoms with E-state index in [0.29, 0.717) is 12.7 Å². The zero-order valence-electron chi connectivity index (χ0n) is 18.9. The first kappa shape index (κ1) is 24.6. The van der Waals surface area contributed by atoms with Gasteiger partial charge in [-0.25, -0.2) is 4.79 Å². The first-order chi connectivity index (χ1) is 16.4. The van der Waals surface area contributed by atoms with Gasteiger partial charge in [-0.15, -0.1) is 0 Å². The molecule has 2 unspecified atom stereocenters. The molecule has 0 spiro atoms. The van der Waals surface area contributed by atoms with Crippen molar-refractivity contribution in [3.05, 3.63) is 52.1 Å². The molecule has 2 N–H and O–H groups in total. The van der Waals surface area contributed by atoms with Crippen molar-refractivity contribution in [1.29, 1.82) is 5.26 Å². The van der Waals surface area contributed by atoms with Gasteiger partial charge < -0.3 is 29.2 Å². The molecule has 35 heavy (non-hydrogen) atoms. The zero-order chi connectivity index (χ0) is 25.8. The summed E-state index contributed by atoms with van der Waals surface area (Å²) in [6, 6.07) is 4.24. The number of halogens is 3. The van der Waals surface area contributed by atoms with Gasteiger partial charge in [-0.3, -0.25) is 4.57 Å². The monoisotopic (exact) mass is 494 g/mol. The molecule has 12 heteroatoms. The molecule has 0 saturated carbocycles. The third kappa shape index (κ3) is 3.72. The van der Waals surface area contributed by atoms with Crippen LogP contribution in [-0.2, 0) is 41.1 Å². The molecule has 2 bridgehead atoms. The molecule has 0 aliphatic carbocycles. The first-order valence-corrected chi connectivity index (χ1v) is 10.4. The van der Waals surface area contributed by atoms with Crippen molar-refractivity contribution in [2.24, 2.45) is 0 Å². The number of nitriles is 1. The van der Waals surface area contributed by atoms with E-state index in [9.17, 15) is 28.2 Å². The molecule has 4 rings (SSSR count). The third-order valence-corrected chi connectivity index (χ3v) is 6.06. The maximum absolute atomic E-state index is 13.5. The smallest absolute Gasteiger partial charge is 0.417 e. The molecular formula is C23H21F3N2O7. The SMILES string of the molecule is COCCOCOC(=O)C1=CC2(C)OC1(C)c1c2c(O)n(-c2ccc(C#N)c(C(F)(F)F)c2)c1O. The maximum atomic E-state index is 13.5. The fourth-order valence-corrected chi connectivity index (χ4v) is 4.58. The second-order valence-corrected chi connectivity index (χ2v) is 8.32. The molecule has 0 radical (unpaired) electrons.